The number of anilines is 4. The van der Waals surface area contributed by atoms with Gasteiger partial charge in [0.25, 0.3) is 5.56 Å². The van der Waals surface area contributed by atoms with E-state index in [-0.39, 0.29) is 23.2 Å². The first-order valence-corrected chi connectivity index (χ1v) is 12.5. The van der Waals surface area contributed by atoms with Crippen LogP contribution < -0.4 is 27.2 Å². The Morgan fingerprint density at radius 1 is 1.21 bits per heavy atom. The molecule has 3 rings (SSSR count). The number of carbonyl (C=O) groups excluding carboxylic acids is 1. The molecule has 2 aromatic heterocycles. The number of aromatic amines is 1. The van der Waals surface area contributed by atoms with E-state index in [0.29, 0.717) is 35.4 Å². The van der Waals surface area contributed by atoms with Crippen LogP contribution in [0.3, 0.4) is 0 Å². The lowest BCUT2D eigenvalue weighted by Gasteiger charge is -2.24. The fraction of sp³-hybridized carbons (Fsp3) is 0.381. The number of nitrogens with two attached hydrogens (primary N) is 1. The molecule has 1 amide bonds. The molecule has 0 unspecified atom stereocenters. The third kappa shape index (κ3) is 6.23. The number of nitrogens with zero attached hydrogens (tertiary/aromatic N) is 4. The van der Waals surface area contributed by atoms with Crippen molar-refractivity contribution >= 4 is 51.3 Å². The Kier molecular flexibility index (Phi) is 8.66. The first kappa shape index (κ1) is 24.5. The molecule has 33 heavy (non-hydrogen) atoms. The van der Waals surface area contributed by atoms with Gasteiger partial charge in [-0.2, -0.15) is 0 Å². The summed E-state index contributed by atoms with van der Waals surface area (Å²) >= 11 is 2.57. The minimum Gasteiger partial charge on any atom is -0.383 e. The van der Waals surface area contributed by atoms with Crippen molar-refractivity contribution in [1.82, 2.24) is 19.7 Å². The van der Waals surface area contributed by atoms with Crippen molar-refractivity contribution in [3.63, 3.8) is 0 Å². The van der Waals surface area contributed by atoms with Crippen LogP contribution in [-0.2, 0) is 11.3 Å². The molecule has 0 atom stereocenters. The number of nitrogens with one attached hydrogen (secondary N) is 2. The zero-order valence-corrected chi connectivity index (χ0v) is 20.2. The van der Waals surface area contributed by atoms with Crippen LogP contribution in [0.1, 0.15) is 33.1 Å². The highest BCUT2D eigenvalue weighted by Gasteiger charge is 2.24. The molecule has 0 saturated heterocycles. The van der Waals surface area contributed by atoms with Crippen molar-refractivity contribution in [3.8, 4) is 0 Å². The number of aromatic nitrogens is 4. The van der Waals surface area contributed by atoms with E-state index in [4.69, 9.17) is 5.73 Å². The fourth-order valence-electron chi connectivity index (χ4n) is 3.13. The highest BCUT2D eigenvalue weighted by molar-refractivity contribution is 8.01. The number of amides is 1. The van der Waals surface area contributed by atoms with E-state index in [9.17, 15) is 14.4 Å². The van der Waals surface area contributed by atoms with Gasteiger partial charge >= 0.3 is 5.69 Å². The van der Waals surface area contributed by atoms with Gasteiger partial charge in [-0.3, -0.25) is 19.1 Å². The third-order valence-electron chi connectivity index (χ3n) is 4.72. The maximum Gasteiger partial charge on any atom is 0.330 e. The second kappa shape index (κ2) is 11.7. The van der Waals surface area contributed by atoms with Gasteiger partial charge in [-0.15, -0.1) is 10.2 Å². The highest BCUT2D eigenvalue weighted by Crippen LogP contribution is 2.28. The van der Waals surface area contributed by atoms with E-state index in [2.05, 4.69) is 20.5 Å². The van der Waals surface area contributed by atoms with E-state index in [1.54, 1.807) is 0 Å². The van der Waals surface area contributed by atoms with Gasteiger partial charge in [0.15, 0.2) is 10.0 Å². The Bertz CT molecular complexity index is 1190. The Labute approximate surface area is 199 Å². The van der Waals surface area contributed by atoms with E-state index in [1.807, 2.05) is 44.2 Å². The molecule has 0 aliphatic carbocycles. The summed E-state index contributed by atoms with van der Waals surface area (Å²) in [5.41, 5.74) is 5.85. The number of nitrogen functional groups attached to an aromatic ring is 1. The van der Waals surface area contributed by atoms with Crippen LogP contribution in [0.15, 0.2) is 44.3 Å². The second-order valence-electron chi connectivity index (χ2n) is 7.20. The Morgan fingerprint density at radius 3 is 2.67 bits per heavy atom. The maximum atomic E-state index is 13.1. The standard InChI is InChI=1S/C21H27N7O3S2/c1-3-5-12-27(16-17(22)28(11-4-2)20(31)24-18(16)30)15(29)13-32-21-26-25-19(33-21)23-14-9-7-6-8-10-14/h6-10H,3-5,11-13,22H2,1-2H3,(H,23,25)(H,24,30,31). The van der Waals surface area contributed by atoms with Crippen molar-refractivity contribution in [1.29, 1.82) is 0 Å². The lowest BCUT2D eigenvalue weighted by molar-refractivity contribution is -0.116. The second-order valence-corrected chi connectivity index (χ2v) is 9.40. The number of benzene rings is 1. The Balaban J connectivity index is 1.76. The van der Waals surface area contributed by atoms with Crippen LogP contribution in [0.2, 0.25) is 0 Å². The summed E-state index contributed by atoms with van der Waals surface area (Å²) in [7, 11) is 0. The molecule has 12 heteroatoms. The summed E-state index contributed by atoms with van der Waals surface area (Å²) in [6.07, 6.45) is 2.17. The Morgan fingerprint density at radius 2 is 1.97 bits per heavy atom. The van der Waals surface area contributed by atoms with Crippen LogP contribution in [0.5, 0.6) is 0 Å². The SMILES string of the molecule is CCCCN(C(=O)CSc1nnc(Nc2ccccc2)s1)c1c(N)n(CCC)c(=O)[nH]c1=O. The topological polar surface area (TPSA) is 139 Å². The molecule has 0 aliphatic rings. The van der Waals surface area contributed by atoms with Crippen molar-refractivity contribution in [3.05, 3.63) is 51.2 Å². The van der Waals surface area contributed by atoms with Crippen LogP contribution in [0.25, 0.3) is 0 Å². The number of thioether (sulfide) groups is 1. The molecule has 0 fully saturated rings. The number of para-hydroxylation sites is 1. The van der Waals surface area contributed by atoms with E-state index in [1.165, 1.54) is 32.6 Å². The number of H-pyrrole nitrogens is 1. The smallest absolute Gasteiger partial charge is 0.330 e. The summed E-state index contributed by atoms with van der Waals surface area (Å²) in [6.45, 7) is 4.56. The highest BCUT2D eigenvalue weighted by atomic mass is 32.2. The van der Waals surface area contributed by atoms with Gasteiger partial charge in [-0.1, -0.05) is 61.6 Å². The molecule has 1 aromatic carbocycles. The molecule has 2 heterocycles. The zero-order chi connectivity index (χ0) is 23.8. The molecule has 4 N–H and O–H groups in total. The molecular formula is C21H27N7O3S2. The summed E-state index contributed by atoms with van der Waals surface area (Å²) in [4.78, 5) is 41.5. The van der Waals surface area contributed by atoms with Crippen molar-refractivity contribution in [2.45, 2.75) is 44.0 Å². The quantitative estimate of drug-likeness (QED) is 0.349. The normalized spacial score (nSPS) is 10.8. The lowest BCUT2D eigenvalue weighted by atomic mass is 10.2. The first-order valence-electron chi connectivity index (χ1n) is 10.7. The van der Waals surface area contributed by atoms with Crippen LogP contribution >= 0.6 is 23.1 Å². The number of carbonyl (C=O) groups is 1. The molecule has 0 aliphatic heterocycles. The number of hydrogen-bond donors (Lipinski definition) is 3. The average molecular weight is 490 g/mol. The maximum absolute atomic E-state index is 13.1. The molecule has 176 valence electrons. The van der Waals surface area contributed by atoms with Crippen LogP contribution in [0, 0.1) is 0 Å². The van der Waals surface area contributed by atoms with Crippen LogP contribution in [-0.4, -0.2) is 38.0 Å². The average Bonchev–Trinajstić information content (AvgIpc) is 3.25. The molecule has 0 radical (unpaired) electrons. The largest absolute Gasteiger partial charge is 0.383 e. The van der Waals surface area contributed by atoms with Crippen molar-refractivity contribution in [2.75, 3.05) is 28.2 Å². The van der Waals surface area contributed by atoms with E-state index in [0.717, 1.165) is 12.1 Å². The minimum absolute atomic E-state index is 0.00492. The monoisotopic (exact) mass is 489 g/mol. The Hall–Kier alpha value is -3.12. The predicted octanol–water partition coefficient (Wildman–Crippen LogP) is 3.05. The number of unbranched alkanes of at least 4 members (excludes halogenated alkanes) is 1. The van der Waals surface area contributed by atoms with E-state index >= 15 is 0 Å². The van der Waals surface area contributed by atoms with Gasteiger partial charge < -0.3 is 16.0 Å². The van der Waals surface area contributed by atoms with Gasteiger partial charge in [0, 0.05) is 18.8 Å². The van der Waals surface area contributed by atoms with Gasteiger partial charge in [0.1, 0.15) is 5.82 Å². The van der Waals surface area contributed by atoms with Gasteiger partial charge in [0.2, 0.25) is 11.0 Å². The van der Waals surface area contributed by atoms with Gasteiger partial charge in [-0.05, 0) is 25.0 Å². The zero-order valence-electron chi connectivity index (χ0n) is 18.5. The number of hydrogen-bond acceptors (Lipinski definition) is 9. The van der Waals surface area contributed by atoms with Gasteiger partial charge in [0.05, 0.1) is 5.75 Å². The molecule has 0 saturated carbocycles. The summed E-state index contributed by atoms with van der Waals surface area (Å²) in [5, 5.41) is 12.0. The van der Waals surface area contributed by atoms with Gasteiger partial charge in [-0.25, -0.2) is 4.79 Å². The number of rotatable bonds is 11. The molecule has 0 spiro atoms. The predicted molar refractivity (Wildman–Crippen MR) is 134 cm³/mol. The minimum atomic E-state index is -0.662. The lowest BCUT2D eigenvalue weighted by Crippen LogP contribution is -2.42. The first-order chi connectivity index (χ1) is 15.9. The van der Waals surface area contributed by atoms with Crippen molar-refractivity contribution in [2.24, 2.45) is 0 Å². The molecule has 10 nitrogen and oxygen atoms in total. The molecule has 0 bridgehead atoms. The fourth-order valence-corrected chi connectivity index (χ4v) is 4.77. The van der Waals surface area contributed by atoms with E-state index < -0.39 is 11.2 Å². The summed E-state index contributed by atoms with van der Waals surface area (Å²) in [5.74, 6) is -0.236. The van der Waals surface area contributed by atoms with Crippen molar-refractivity contribution < 1.29 is 4.79 Å². The summed E-state index contributed by atoms with van der Waals surface area (Å²) in [6, 6.07) is 9.60. The molecule has 3 aromatic rings. The van der Waals surface area contributed by atoms with Crippen LogP contribution in [0.4, 0.5) is 22.3 Å². The molecular weight excluding hydrogens is 462 g/mol. The summed E-state index contributed by atoms with van der Waals surface area (Å²) < 4.78 is 1.91. The third-order valence-corrected chi connectivity index (χ3v) is 6.67.